The molecule has 160 valence electrons. The molecule has 1 aromatic heterocycles. The molecule has 1 aliphatic heterocycles. The van der Waals surface area contributed by atoms with Crippen molar-refractivity contribution in [2.75, 3.05) is 17.3 Å². The highest BCUT2D eigenvalue weighted by atomic mass is 32.2. The Morgan fingerprint density at radius 1 is 1.03 bits per heavy atom. The van der Waals surface area contributed by atoms with Gasteiger partial charge in [-0.2, -0.15) is 0 Å². The molecule has 0 N–H and O–H groups in total. The minimum Gasteiger partial charge on any atom is -0.489 e. The van der Waals surface area contributed by atoms with E-state index in [9.17, 15) is 4.79 Å². The predicted molar refractivity (Wildman–Crippen MR) is 119 cm³/mol. The number of fused-ring (bicyclic) bond motifs is 1. The van der Waals surface area contributed by atoms with Crippen molar-refractivity contribution in [2.24, 2.45) is 0 Å². The molecule has 2 heterocycles. The average Bonchev–Trinajstić information content (AvgIpc) is 3.31. The van der Waals surface area contributed by atoms with Gasteiger partial charge in [0.25, 0.3) is 0 Å². The number of benzene rings is 2. The van der Waals surface area contributed by atoms with Gasteiger partial charge >= 0.3 is 0 Å². The molecule has 1 saturated carbocycles. The first-order valence-corrected chi connectivity index (χ1v) is 11.8. The van der Waals surface area contributed by atoms with Crippen molar-refractivity contribution in [2.45, 2.75) is 49.3 Å². The van der Waals surface area contributed by atoms with Gasteiger partial charge < -0.3 is 4.74 Å². The van der Waals surface area contributed by atoms with Gasteiger partial charge in [0.05, 0.1) is 23.5 Å². The summed E-state index contributed by atoms with van der Waals surface area (Å²) in [6, 6.07) is 17.9. The topological polar surface area (TPSA) is 73.1 Å². The maximum absolute atomic E-state index is 13.5. The van der Waals surface area contributed by atoms with Crippen LogP contribution in [0.3, 0.4) is 0 Å². The van der Waals surface area contributed by atoms with Crippen LogP contribution in [-0.4, -0.2) is 38.5 Å². The molecular weight excluding hydrogens is 410 g/mol. The zero-order valence-electron chi connectivity index (χ0n) is 17.3. The molecule has 0 unspecified atom stereocenters. The summed E-state index contributed by atoms with van der Waals surface area (Å²) in [5.41, 5.74) is 1.86. The molecule has 3 aromatic rings. The molecule has 1 amide bonds. The number of amides is 1. The second-order valence-electron chi connectivity index (χ2n) is 7.96. The molecular formula is C23H25N5O2S. The fourth-order valence-corrected chi connectivity index (χ4v) is 5.25. The number of hydrogen-bond donors (Lipinski definition) is 0. The van der Waals surface area contributed by atoms with Gasteiger partial charge in [0, 0.05) is 0 Å². The predicted octanol–water partition coefficient (Wildman–Crippen LogP) is 4.44. The highest BCUT2D eigenvalue weighted by Gasteiger charge is 2.33. The minimum absolute atomic E-state index is 0.0211. The molecule has 8 heteroatoms. The van der Waals surface area contributed by atoms with Gasteiger partial charge in [0.15, 0.2) is 0 Å². The van der Waals surface area contributed by atoms with Crippen LogP contribution in [-0.2, 0) is 4.79 Å². The number of ether oxygens (including phenoxy) is 1. The lowest BCUT2D eigenvalue weighted by atomic mass is 9.96. The van der Waals surface area contributed by atoms with Crippen LogP contribution in [0.15, 0.2) is 59.8 Å². The lowest BCUT2D eigenvalue weighted by Gasteiger charge is -2.37. The molecule has 5 rings (SSSR count). The summed E-state index contributed by atoms with van der Waals surface area (Å²) < 4.78 is 7.90. The zero-order valence-corrected chi connectivity index (χ0v) is 18.1. The van der Waals surface area contributed by atoms with E-state index in [1.165, 1.54) is 31.0 Å². The zero-order chi connectivity index (χ0) is 21.0. The first-order valence-electron chi connectivity index (χ1n) is 10.8. The molecule has 0 radical (unpaired) electrons. The second kappa shape index (κ2) is 9.09. The highest BCUT2D eigenvalue weighted by Crippen LogP contribution is 2.40. The summed E-state index contributed by atoms with van der Waals surface area (Å²) in [5.74, 6) is 1.03. The number of carbonyl (C=O) groups is 1. The van der Waals surface area contributed by atoms with Crippen LogP contribution in [0.25, 0.3) is 0 Å². The van der Waals surface area contributed by atoms with Crippen molar-refractivity contribution >= 4 is 23.4 Å². The number of rotatable bonds is 5. The molecule has 1 fully saturated rings. The van der Waals surface area contributed by atoms with Crippen LogP contribution in [0.2, 0.25) is 0 Å². The molecule has 0 saturated heterocycles. The Labute approximate surface area is 185 Å². The Kier molecular flexibility index (Phi) is 5.88. The lowest BCUT2D eigenvalue weighted by molar-refractivity contribution is -0.117. The van der Waals surface area contributed by atoms with Crippen molar-refractivity contribution in [3.8, 4) is 5.75 Å². The smallest absolute Gasteiger partial charge is 0.238 e. The lowest BCUT2D eigenvalue weighted by Crippen LogP contribution is -2.42. The van der Waals surface area contributed by atoms with Gasteiger partial charge in [-0.05, 0) is 41.0 Å². The van der Waals surface area contributed by atoms with Crippen LogP contribution >= 0.6 is 11.8 Å². The van der Waals surface area contributed by atoms with Crippen molar-refractivity contribution < 1.29 is 9.53 Å². The quantitative estimate of drug-likeness (QED) is 0.552. The second-order valence-corrected chi connectivity index (χ2v) is 8.90. The fraction of sp³-hybridized carbons (Fsp3) is 0.391. The SMILES string of the molecule is O=C(CSc1nnnn1C1CCCCC1)N1c2ccccc2OC[C@@H]1c1ccccc1. The number of nitrogens with zero attached hydrogens (tertiary/aromatic N) is 5. The van der Waals surface area contributed by atoms with Crippen molar-refractivity contribution in [3.05, 3.63) is 60.2 Å². The molecule has 1 atom stereocenters. The van der Waals surface area contributed by atoms with E-state index in [1.54, 1.807) is 0 Å². The molecule has 0 spiro atoms. The Morgan fingerprint density at radius 2 is 1.81 bits per heavy atom. The normalized spacial score (nSPS) is 19.0. The third-order valence-electron chi connectivity index (χ3n) is 5.99. The Morgan fingerprint density at radius 3 is 2.65 bits per heavy atom. The maximum Gasteiger partial charge on any atom is 0.238 e. The summed E-state index contributed by atoms with van der Waals surface area (Å²) in [5, 5.41) is 13.0. The number of para-hydroxylation sites is 2. The van der Waals surface area contributed by atoms with E-state index in [2.05, 4.69) is 15.5 Å². The van der Waals surface area contributed by atoms with Crippen LogP contribution in [0.4, 0.5) is 5.69 Å². The summed E-state index contributed by atoms with van der Waals surface area (Å²) in [7, 11) is 0. The number of aromatic nitrogens is 4. The molecule has 1 aliphatic carbocycles. The molecule has 0 bridgehead atoms. The van der Waals surface area contributed by atoms with E-state index >= 15 is 0 Å². The third kappa shape index (κ3) is 4.17. The Bertz CT molecular complexity index is 1040. The minimum atomic E-state index is -0.168. The van der Waals surface area contributed by atoms with E-state index in [0.717, 1.165) is 35.0 Å². The first kappa shape index (κ1) is 20.1. The standard InChI is InChI=1S/C23H25N5O2S/c29-22(16-31-23-24-25-26-28(23)18-11-5-2-6-12-18)27-19-13-7-8-14-21(19)30-15-20(27)17-9-3-1-4-10-17/h1,3-4,7-10,13-14,18,20H,2,5-6,11-12,15-16H2/t20-/m1/s1. The van der Waals surface area contributed by atoms with Crippen LogP contribution in [0.5, 0.6) is 5.75 Å². The van der Waals surface area contributed by atoms with Gasteiger partial charge in [-0.1, -0.05) is 73.5 Å². The fourth-order valence-electron chi connectivity index (χ4n) is 4.45. The highest BCUT2D eigenvalue weighted by molar-refractivity contribution is 7.99. The van der Waals surface area contributed by atoms with E-state index in [4.69, 9.17) is 4.74 Å². The first-order chi connectivity index (χ1) is 15.3. The van der Waals surface area contributed by atoms with Crippen LogP contribution in [0.1, 0.15) is 49.8 Å². The van der Waals surface area contributed by atoms with Gasteiger partial charge in [-0.3, -0.25) is 9.69 Å². The van der Waals surface area contributed by atoms with Gasteiger partial charge in [0.2, 0.25) is 11.1 Å². The van der Waals surface area contributed by atoms with E-state index in [0.29, 0.717) is 12.6 Å². The van der Waals surface area contributed by atoms with E-state index in [1.807, 2.05) is 64.2 Å². The van der Waals surface area contributed by atoms with E-state index in [-0.39, 0.29) is 17.7 Å². The van der Waals surface area contributed by atoms with Crippen LogP contribution in [0, 0.1) is 0 Å². The van der Waals surface area contributed by atoms with Crippen molar-refractivity contribution in [1.29, 1.82) is 0 Å². The number of thioether (sulfide) groups is 1. The summed E-state index contributed by atoms with van der Waals surface area (Å²) >= 11 is 1.42. The van der Waals surface area contributed by atoms with Crippen molar-refractivity contribution in [3.63, 3.8) is 0 Å². The molecule has 31 heavy (non-hydrogen) atoms. The molecule has 2 aliphatic rings. The molecule has 7 nitrogen and oxygen atoms in total. The number of carbonyl (C=O) groups excluding carboxylic acids is 1. The Balaban J connectivity index is 1.37. The van der Waals surface area contributed by atoms with Gasteiger partial charge in [0.1, 0.15) is 12.4 Å². The average molecular weight is 436 g/mol. The number of hydrogen-bond acceptors (Lipinski definition) is 6. The summed E-state index contributed by atoms with van der Waals surface area (Å²) in [4.78, 5) is 15.4. The van der Waals surface area contributed by atoms with Gasteiger partial charge in [-0.15, -0.1) is 5.10 Å². The molecule has 2 aromatic carbocycles. The Hall–Kier alpha value is -2.87. The third-order valence-corrected chi connectivity index (χ3v) is 6.91. The maximum atomic E-state index is 13.5. The summed E-state index contributed by atoms with van der Waals surface area (Å²) in [6.07, 6.45) is 5.88. The van der Waals surface area contributed by atoms with Crippen molar-refractivity contribution in [1.82, 2.24) is 20.2 Å². The largest absolute Gasteiger partial charge is 0.489 e. The van der Waals surface area contributed by atoms with Crippen LogP contribution < -0.4 is 9.64 Å². The number of tetrazole rings is 1. The van der Waals surface area contributed by atoms with E-state index < -0.39 is 0 Å². The number of anilines is 1. The monoisotopic (exact) mass is 435 g/mol. The summed E-state index contributed by atoms with van der Waals surface area (Å²) in [6.45, 7) is 0.428. The van der Waals surface area contributed by atoms with Gasteiger partial charge in [-0.25, -0.2) is 4.68 Å².